The van der Waals surface area contributed by atoms with Crippen LogP contribution in [0.3, 0.4) is 0 Å². The van der Waals surface area contributed by atoms with Gasteiger partial charge < -0.3 is 9.84 Å². The van der Waals surface area contributed by atoms with E-state index in [2.05, 4.69) is 30.7 Å². The molecule has 0 fully saturated rings. The van der Waals surface area contributed by atoms with Gasteiger partial charge in [0.05, 0.1) is 8.07 Å². The molecule has 0 heterocycles. The summed E-state index contributed by atoms with van der Waals surface area (Å²) in [4.78, 5) is 11.6. The van der Waals surface area contributed by atoms with Crippen LogP contribution in [0.2, 0.25) is 19.6 Å². The zero-order valence-electron chi connectivity index (χ0n) is 15.7. The summed E-state index contributed by atoms with van der Waals surface area (Å²) in [6.07, 6.45) is 8.15. The number of unbranched alkanes of at least 4 members (excludes halogenated alkanes) is 2. The number of aliphatic hydroxyl groups is 1. The summed E-state index contributed by atoms with van der Waals surface area (Å²) in [5.41, 5.74) is 3.38. The van der Waals surface area contributed by atoms with E-state index >= 15 is 0 Å². The molecule has 0 aromatic carbocycles. The van der Waals surface area contributed by atoms with Gasteiger partial charge in [-0.05, 0) is 46.5 Å². The van der Waals surface area contributed by atoms with E-state index in [4.69, 9.17) is 9.84 Å². The molecule has 0 spiro atoms. The Balaban J connectivity index is 4.40. The Kier molecular flexibility index (Phi) is 10.2. The summed E-state index contributed by atoms with van der Waals surface area (Å²) in [7, 11) is -1.26. The van der Waals surface area contributed by atoms with Gasteiger partial charge in [-0.15, -0.1) is 0 Å². The van der Waals surface area contributed by atoms with E-state index in [0.717, 1.165) is 32.1 Å². The van der Waals surface area contributed by atoms with Gasteiger partial charge in [-0.2, -0.15) is 0 Å². The van der Waals surface area contributed by atoms with Gasteiger partial charge >= 0.3 is 6.09 Å². The fourth-order valence-corrected chi connectivity index (χ4v) is 3.62. The Hall–Kier alpha value is -1.07. The maximum atomic E-state index is 11.6. The lowest BCUT2D eigenvalue weighted by Gasteiger charge is -2.18. The van der Waals surface area contributed by atoms with Crippen molar-refractivity contribution in [2.24, 2.45) is 0 Å². The van der Waals surface area contributed by atoms with Crippen molar-refractivity contribution in [3.8, 4) is 0 Å². The second-order valence-corrected chi connectivity index (χ2v) is 13.0. The summed E-state index contributed by atoms with van der Waals surface area (Å²) < 4.78 is 5.18. The van der Waals surface area contributed by atoms with E-state index in [0.29, 0.717) is 0 Å². The maximum absolute atomic E-state index is 11.6. The minimum absolute atomic E-state index is 0.271. The molecule has 0 unspecified atom stereocenters. The molecule has 0 aliphatic carbocycles. The van der Waals surface area contributed by atoms with Crippen LogP contribution in [-0.4, -0.2) is 31.5 Å². The molecule has 5 heteroatoms. The number of alkyl carbamates (subject to hydrolysis) is 1. The number of ether oxygens (including phenoxy) is 1. The second-order valence-electron chi connectivity index (χ2n) is 7.96. The normalized spacial score (nSPS) is 13.4. The van der Waals surface area contributed by atoms with Crippen LogP contribution in [-0.2, 0) is 4.74 Å². The van der Waals surface area contributed by atoms with Gasteiger partial charge in [0.25, 0.3) is 0 Å². The summed E-state index contributed by atoms with van der Waals surface area (Å²) in [6.45, 7) is 12.8. The van der Waals surface area contributed by atoms with Crippen molar-refractivity contribution < 1.29 is 14.6 Å². The van der Waals surface area contributed by atoms with Gasteiger partial charge in [0.15, 0.2) is 0 Å². The topological polar surface area (TPSA) is 58.6 Å². The molecule has 0 aromatic heterocycles. The fourth-order valence-electron chi connectivity index (χ4n) is 2.13. The Morgan fingerprint density at radius 2 is 1.83 bits per heavy atom. The lowest BCUT2D eigenvalue weighted by molar-refractivity contribution is 0.0552. The van der Waals surface area contributed by atoms with Crippen molar-refractivity contribution in [1.82, 2.24) is 5.32 Å². The number of hydrogen-bond acceptors (Lipinski definition) is 3. The van der Waals surface area contributed by atoms with Crippen molar-refractivity contribution in [3.63, 3.8) is 0 Å². The van der Waals surface area contributed by atoms with Crippen molar-refractivity contribution in [2.75, 3.05) is 6.61 Å². The van der Waals surface area contributed by atoms with Crippen molar-refractivity contribution >= 4 is 14.2 Å². The monoisotopic (exact) mass is 341 g/mol. The molecule has 0 bridgehead atoms. The smallest absolute Gasteiger partial charge is 0.411 e. The van der Waals surface area contributed by atoms with Crippen molar-refractivity contribution in [3.05, 3.63) is 23.5 Å². The third-order valence-electron chi connectivity index (χ3n) is 2.89. The highest BCUT2D eigenvalue weighted by Crippen LogP contribution is 2.17. The molecule has 0 radical (unpaired) electrons. The first kappa shape index (κ1) is 21.9. The van der Waals surface area contributed by atoms with Crippen LogP contribution in [0.25, 0.3) is 0 Å². The van der Waals surface area contributed by atoms with E-state index in [9.17, 15) is 4.79 Å². The van der Waals surface area contributed by atoms with Crippen LogP contribution in [0, 0.1) is 0 Å². The number of amides is 1. The van der Waals surface area contributed by atoms with Crippen LogP contribution >= 0.6 is 0 Å². The van der Waals surface area contributed by atoms with E-state index in [1.54, 1.807) is 6.20 Å². The van der Waals surface area contributed by atoms with Crippen LogP contribution in [0.15, 0.2) is 23.5 Å². The first-order valence-electron chi connectivity index (χ1n) is 8.49. The van der Waals surface area contributed by atoms with Crippen molar-refractivity contribution in [2.45, 2.75) is 78.1 Å². The number of carbonyl (C=O) groups is 1. The minimum Gasteiger partial charge on any atom is -0.444 e. The predicted octanol–water partition coefficient (Wildman–Crippen LogP) is 4.77. The zero-order chi connectivity index (χ0) is 17.9. The fraction of sp³-hybridized carbons (Fsp3) is 0.722. The highest BCUT2D eigenvalue weighted by atomic mass is 28.3. The van der Waals surface area contributed by atoms with E-state index in [1.165, 1.54) is 5.57 Å². The lowest BCUT2D eigenvalue weighted by Crippen LogP contribution is -2.29. The molecule has 2 N–H and O–H groups in total. The SMILES string of the molecule is CC(C)(C)OC(=O)N/C=C/C/C(=C/[Si](C)(C)C)CCCCCO. The molecule has 0 aromatic rings. The Morgan fingerprint density at radius 3 is 2.35 bits per heavy atom. The molecule has 0 saturated heterocycles. The van der Waals surface area contributed by atoms with Gasteiger partial charge in [0.2, 0.25) is 0 Å². The number of hydrogen-bond donors (Lipinski definition) is 2. The molecular weight excluding hydrogens is 306 g/mol. The average Bonchev–Trinajstić information content (AvgIpc) is 2.35. The zero-order valence-corrected chi connectivity index (χ0v) is 16.7. The van der Waals surface area contributed by atoms with Crippen LogP contribution in [0.4, 0.5) is 4.79 Å². The molecule has 134 valence electrons. The quantitative estimate of drug-likeness (QED) is 0.469. The van der Waals surface area contributed by atoms with Crippen LogP contribution in [0.1, 0.15) is 52.9 Å². The highest BCUT2D eigenvalue weighted by Gasteiger charge is 2.15. The summed E-state index contributed by atoms with van der Waals surface area (Å²) in [6, 6.07) is 0. The molecule has 0 aliphatic heterocycles. The average molecular weight is 342 g/mol. The molecule has 0 atom stereocenters. The molecule has 0 aliphatic rings. The van der Waals surface area contributed by atoms with E-state index in [-0.39, 0.29) is 6.61 Å². The molecule has 1 amide bonds. The Bertz CT molecular complexity index is 403. The molecule has 4 nitrogen and oxygen atoms in total. The van der Waals surface area contributed by atoms with Crippen LogP contribution in [0.5, 0.6) is 0 Å². The third kappa shape index (κ3) is 15.6. The Morgan fingerprint density at radius 1 is 1.17 bits per heavy atom. The van der Waals surface area contributed by atoms with Crippen LogP contribution < -0.4 is 5.32 Å². The summed E-state index contributed by atoms with van der Waals surface area (Å²) in [5, 5.41) is 11.5. The largest absolute Gasteiger partial charge is 0.444 e. The number of aliphatic hydroxyl groups excluding tert-OH is 1. The minimum atomic E-state index is -1.26. The standard InChI is InChI=1S/C18H35NO3Si/c1-18(2,3)22-17(21)19-13-10-12-16(15-23(4,5)6)11-8-7-9-14-20/h10,13,15,20H,7-9,11-12,14H2,1-6H3,(H,19,21)/b13-10+,16-15+. The first-order chi connectivity index (χ1) is 10.5. The van der Waals surface area contributed by atoms with Gasteiger partial charge in [0.1, 0.15) is 5.60 Å². The number of allylic oxidation sites excluding steroid dienone is 2. The lowest BCUT2D eigenvalue weighted by atomic mass is 10.1. The predicted molar refractivity (Wildman–Crippen MR) is 100 cm³/mol. The maximum Gasteiger partial charge on any atom is 0.411 e. The molecular formula is C18H35NO3Si. The van der Waals surface area contributed by atoms with Gasteiger partial charge in [0, 0.05) is 12.8 Å². The van der Waals surface area contributed by atoms with Gasteiger partial charge in [-0.3, -0.25) is 5.32 Å². The van der Waals surface area contributed by atoms with E-state index in [1.807, 2.05) is 26.8 Å². The third-order valence-corrected chi connectivity index (χ3v) is 4.17. The molecule has 23 heavy (non-hydrogen) atoms. The summed E-state index contributed by atoms with van der Waals surface area (Å²) >= 11 is 0. The molecule has 0 rings (SSSR count). The second kappa shape index (κ2) is 10.7. The molecule has 0 saturated carbocycles. The number of rotatable bonds is 9. The summed E-state index contributed by atoms with van der Waals surface area (Å²) in [5.74, 6) is 0. The van der Waals surface area contributed by atoms with Gasteiger partial charge in [-0.25, -0.2) is 4.79 Å². The van der Waals surface area contributed by atoms with Gasteiger partial charge in [-0.1, -0.05) is 43.4 Å². The number of nitrogens with one attached hydrogen (secondary N) is 1. The number of carbonyl (C=O) groups excluding carboxylic acids is 1. The first-order valence-corrected chi connectivity index (χ1v) is 12.1. The van der Waals surface area contributed by atoms with Crippen molar-refractivity contribution in [1.29, 1.82) is 0 Å². The highest BCUT2D eigenvalue weighted by molar-refractivity contribution is 6.81. The Labute approximate surface area is 143 Å². The van der Waals surface area contributed by atoms with E-state index < -0.39 is 19.8 Å².